The fourth-order valence-electron chi connectivity index (χ4n) is 2.47. The van der Waals surface area contributed by atoms with Gasteiger partial charge in [-0.1, -0.05) is 12.1 Å². The molecule has 5 nitrogen and oxygen atoms in total. The number of halogens is 1. The van der Waals surface area contributed by atoms with Crippen molar-refractivity contribution >= 4 is 5.91 Å². The number of ether oxygens (including phenoxy) is 1. The Labute approximate surface area is 156 Å². The summed E-state index contributed by atoms with van der Waals surface area (Å²) in [5.74, 6) is 0.628. The Balaban J connectivity index is 1.58. The summed E-state index contributed by atoms with van der Waals surface area (Å²) < 4.78 is 23.9. The van der Waals surface area contributed by atoms with E-state index in [-0.39, 0.29) is 24.1 Å². The van der Waals surface area contributed by atoms with E-state index in [9.17, 15) is 9.18 Å². The zero-order valence-corrected chi connectivity index (χ0v) is 14.7. The monoisotopic (exact) mass is 364 g/mol. The molecule has 1 amide bonds. The molecule has 3 rings (SSSR count). The molecule has 3 aromatic rings. The van der Waals surface area contributed by atoms with Crippen molar-refractivity contribution in [2.45, 2.75) is 13.2 Å². The number of furan rings is 1. The van der Waals surface area contributed by atoms with Crippen molar-refractivity contribution in [1.82, 2.24) is 4.90 Å². The van der Waals surface area contributed by atoms with Gasteiger partial charge in [0.1, 0.15) is 23.9 Å². The van der Waals surface area contributed by atoms with Crippen LogP contribution in [0, 0.1) is 17.1 Å². The summed E-state index contributed by atoms with van der Waals surface area (Å²) in [6.07, 6.45) is 0. The van der Waals surface area contributed by atoms with E-state index < -0.39 is 0 Å². The molecule has 6 heteroatoms. The third-order valence-corrected chi connectivity index (χ3v) is 3.92. The maximum absolute atomic E-state index is 12.9. The summed E-state index contributed by atoms with van der Waals surface area (Å²) in [7, 11) is 1.68. The maximum atomic E-state index is 12.9. The Hall–Kier alpha value is -3.59. The average Bonchev–Trinajstić information content (AvgIpc) is 3.16. The molecular weight excluding hydrogens is 347 g/mol. The highest BCUT2D eigenvalue weighted by atomic mass is 19.1. The van der Waals surface area contributed by atoms with Gasteiger partial charge in [0.2, 0.25) is 0 Å². The first-order chi connectivity index (χ1) is 13.0. The quantitative estimate of drug-likeness (QED) is 0.659. The number of nitrogens with zero attached hydrogens (tertiary/aromatic N) is 2. The van der Waals surface area contributed by atoms with Crippen LogP contribution < -0.4 is 4.74 Å². The summed E-state index contributed by atoms with van der Waals surface area (Å²) in [6.45, 7) is 0.533. The fraction of sp³-hybridized carbons (Fsp3) is 0.143. The molecule has 0 aliphatic carbocycles. The average molecular weight is 364 g/mol. The molecule has 1 heterocycles. The van der Waals surface area contributed by atoms with Crippen molar-refractivity contribution in [3.63, 3.8) is 0 Å². The minimum Gasteiger partial charge on any atom is -0.486 e. The van der Waals surface area contributed by atoms with Gasteiger partial charge in [0.05, 0.1) is 11.6 Å². The van der Waals surface area contributed by atoms with Gasteiger partial charge in [-0.3, -0.25) is 4.79 Å². The van der Waals surface area contributed by atoms with Crippen LogP contribution in [0.15, 0.2) is 65.1 Å². The number of carbonyl (C=O) groups is 1. The molecule has 136 valence electrons. The smallest absolute Gasteiger partial charge is 0.289 e. The SMILES string of the molecule is CN(Cc1ccc(C#N)cc1)C(=O)c1ccc(COc2ccc(F)cc2)o1. The van der Waals surface area contributed by atoms with Crippen molar-refractivity contribution in [2.24, 2.45) is 0 Å². The summed E-state index contributed by atoms with van der Waals surface area (Å²) in [5.41, 5.74) is 1.49. The predicted molar refractivity (Wildman–Crippen MR) is 96.4 cm³/mol. The molecular formula is C21H17FN2O3. The third kappa shape index (κ3) is 4.73. The normalized spacial score (nSPS) is 10.3. The van der Waals surface area contributed by atoms with Gasteiger partial charge in [-0.2, -0.15) is 5.26 Å². The molecule has 0 spiro atoms. The van der Waals surface area contributed by atoms with Gasteiger partial charge in [0, 0.05) is 13.6 Å². The zero-order chi connectivity index (χ0) is 19.2. The van der Waals surface area contributed by atoms with E-state index in [4.69, 9.17) is 14.4 Å². The Morgan fingerprint density at radius 1 is 1.11 bits per heavy atom. The molecule has 27 heavy (non-hydrogen) atoms. The van der Waals surface area contributed by atoms with Crippen LogP contribution in [-0.2, 0) is 13.2 Å². The second-order valence-electron chi connectivity index (χ2n) is 5.98. The highest BCUT2D eigenvalue weighted by molar-refractivity contribution is 5.91. The molecule has 0 atom stereocenters. The lowest BCUT2D eigenvalue weighted by molar-refractivity contribution is 0.0749. The second kappa shape index (κ2) is 8.19. The highest BCUT2D eigenvalue weighted by Gasteiger charge is 2.16. The van der Waals surface area contributed by atoms with E-state index in [0.717, 1.165) is 5.56 Å². The molecule has 0 fully saturated rings. The van der Waals surface area contributed by atoms with Crippen molar-refractivity contribution in [3.05, 3.63) is 89.1 Å². The summed E-state index contributed by atoms with van der Waals surface area (Å²) in [4.78, 5) is 14.0. The first-order valence-electron chi connectivity index (χ1n) is 8.27. The number of hydrogen-bond donors (Lipinski definition) is 0. The van der Waals surface area contributed by atoms with Crippen LogP contribution in [0.25, 0.3) is 0 Å². The summed E-state index contributed by atoms with van der Waals surface area (Å²) in [5, 5.41) is 8.82. The minimum absolute atomic E-state index is 0.137. The van der Waals surface area contributed by atoms with Crippen LogP contribution in [0.1, 0.15) is 27.4 Å². The second-order valence-corrected chi connectivity index (χ2v) is 5.98. The van der Waals surface area contributed by atoms with Gasteiger partial charge >= 0.3 is 0 Å². The molecule has 0 N–H and O–H groups in total. The Morgan fingerprint density at radius 2 is 1.81 bits per heavy atom. The van der Waals surface area contributed by atoms with E-state index in [1.807, 2.05) is 12.1 Å². The summed E-state index contributed by atoms with van der Waals surface area (Å²) in [6, 6.07) is 18.0. The standard InChI is InChI=1S/C21H17FN2O3/c1-24(13-16-4-2-15(12-23)3-5-16)21(25)20-11-10-19(27-20)14-26-18-8-6-17(22)7-9-18/h2-11H,13-14H2,1H3. The van der Waals surface area contributed by atoms with E-state index in [0.29, 0.717) is 23.6 Å². The van der Waals surface area contributed by atoms with E-state index in [1.165, 1.54) is 29.2 Å². The Morgan fingerprint density at radius 3 is 2.48 bits per heavy atom. The number of carbonyl (C=O) groups excluding carboxylic acids is 1. The van der Waals surface area contributed by atoms with E-state index in [2.05, 4.69) is 6.07 Å². The van der Waals surface area contributed by atoms with Crippen LogP contribution in [-0.4, -0.2) is 17.9 Å². The molecule has 1 aromatic heterocycles. The largest absolute Gasteiger partial charge is 0.486 e. The first-order valence-corrected chi connectivity index (χ1v) is 8.27. The molecule has 0 saturated heterocycles. The molecule has 0 radical (unpaired) electrons. The van der Waals surface area contributed by atoms with Crippen LogP contribution >= 0.6 is 0 Å². The molecule has 2 aromatic carbocycles. The Kier molecular flexibility index (Phi) is 5.53. The highest BCUT2D eigenvalue weighted by Crippen LogP contribution is 2.16. The maximum Gasteiger partial charge on any atom is 0.289 e. The van der Waals surface area contributed by atoms with Crippen molar-refractivity contribution in [3.8, 4) is 11.8 Å². The first kappa shape index (κ1) is 18.2. The van der Waals surface area contributed by atoms with Gasteiger partial charge in [-0.15, -0.1) is 0 Å². The fourth-order valence-corrected chi connectivity index (χ4v) is 2.47. The predicted octanol–water partition coefficient (Wildman–Crippen LogP) is 4.14. The van der Waals surface area contributed by atoms with Crippen LogP contribution in [0.2, 0.25) is 0 Å². The molecule has 0 saturated carbocycles. The molecule has 0 unspecified atom stereocenters. The van der Waals surface area contributed by atoms with Crippen molar-refractivity contribution < 1.29 is 18.3 Å². The van der Waals surface area contributed by atoms with Crippen molar-refractivity contribution in [2.75, 3.05) is 7.05 Å². The zero-order valence-electron chi connectivity index (χ0n) is 14.7. The van der Waals surface area contributed by atoms with Crippen LogP contribution in [0.3, 0.4) is 0 Å². The van der Waals surface area contributed by atoms with E-state index in [1.54, 1.807) is 31.3 Å². The van der Waals surface area contributed by atoms with Gasteiger partial charge in [-0.05, 0) is 54.1 Å². The lowest BCUT2D eigenvalue weighted by Gasteiger charge is -2.15. The third-order valence-electron chi connectivity index (χ3n) is 3.92. The molecule has 0 aliphatic rings. The summed E-state index contributed by atoms with van der Waals surface area (Å²) >= 11 is 0. The number of rotatable bonds is 6. The van der Waals surface area contributed by atoms with Crippen LogP contribution in [0.5, 0.6) is 5.75 Å². The number of hydrogen-bond acceptors (Lipinski definition) is 4. The Bertz CT molecular complexity index is 956. The number of nitriles is 1. The van der Waals surface area contributed by atoms with Crippen LogP contribution in [0.4, 0.5) is 4.39 Å². The van der Waals surface area contributed by atoms with Gasteiger partial charge in [0.15, 0.2) is 5.76 Å². The van der Waals surface area contributed by atoms with Gasteiger partial charge in [-0.25, -0.2) is 4.39 Å². The van der Waals surface area contributed by atoms with Gasteiger partial charge in [0.25, 0.3) is 5.91 Å². The lowest BCUT2D eigenvalue weighted by Crippen LogP contribution is -2.25. The lowest BCUT2D eigenvalue weighted by atomic mass is 10.1. The minimum atomic E-state index is -0.335. The van der Waals surface area contributed by atoms with E-state index >= 15 is 0 Å². The van der Waals surface area contributed by atoms with Crippen molar-refractivity contribution in [1.29, 1.82) is 5.26 Å². The number of amides is 1. The van der Waals surface area contributed by atoms with Gasteiger partial charge < -0.3 is 14.1 Å². The number of benzene rings is 2. The molecule has 0 bridgehead atoms. The molecule has 0 aliphatic heterocycles. The topological polar surface area (TPSA) is 66.5 Å².